The number of hydrogen-bond acceptors (Lipinski definition) is 4. The first kappa shape index (κ1) is 25.9. The largest absolute Gasteiger partial charge is 0.379 e. The number of carbonyl (C=O) groups excluding carboxylic acids is 1. The van der Waals surface area contributed by atoms with Crippen LogP contribution >= 0.6 is 24.0 Å². The zero-order valence-corrected chi connectivity index (χ0v) is 21.4. The summed E-state index contributed by atoms with van der Waals surface area (Å²) in [4.78, 5) is 20.9. The average Bonchev–Trinajstić information content (AvgIpc) is 3.16. The predicted octanol–water partition coefficient (Wildman–Crippen LogP) is 2.45. The van der Waals surface area contributed by atoms with Gasteiger partial charge in [0.15, 0.2) is 5.96 Å². The molecule has 174 valence electrons. The summed E-state index contributed by atoms with van der Waals surface area (Å²) in [5.74, 6) is 1.62. The maximum absolute atomic E-state index is 12.0. The van der Waals surface area contributed by atoms with Crippen molar-refractivity contribution in [3.63, 3.8) is 0 Å². The number of rotatable bonds is 8. The van der Waals surface area contributed by atoms with E-state index in [9.17, 15) is 4.79 Å². The molecule has 2 fully saturated rings. The zero-order valence-electron chi connectivity index (χ0n) is 19.1. The lowest BCUT2D eigenvalue weighted by Crippen LogP contribution is -2.52. The van der Waals surface area contributed by atoms with E-state index in [0.29, 0.717) is 31.5 Å². The van der Waals surface area contributed by atoms with Crippen molar-refractivity contribution in [2.45, 2.75) is 45.8 Å². The van der Waals surface area contributed by atoms with Crippen molar-refractivity contribution in [3.05, 3.63) is 35.4 Å². The molecule has 1 aromatic carbocycles. The monoisotopic (exact) mass is 543 g/mol. The van der Waals surface area contributed by atoms with Gasteiger partial charge in [0.05, 0.1) is 13.2 Å². The molecule has 3 rings (SSSR count). The van der Waals surface area contributed by atoms with E-state index in [4.69, 9.17) is 4.74 Å². The first-order valence-corrected chi connectivity index (χ1v) is 11.2. The number of aliphatic imine (C=N–C) groups is 1. The molecule has 1 atom stereocenters. The highest BCUT2D eigenvalue weighted by molar-refractivity contribution is 14.0. The number of hydrogen-bond donors (Lipinski definition) is 2. The highest BCUT2D eigenvalue weighted by Crippen LogP contribution is 2.17. The number of benzene rings is 1. The summed E-state index contributed by atoms with van der Waals surface area (Å²) >= 11 is 0. The summed E-state index contributed by atoms with van der Waals surface area (Å²) in [6.07, 6.45) is 1.65. The number of likely N-dealkylation sites (tertiary alicyclic amines) is 1. The van der Waals surface area contributed by atoms with Crippen LogP contribution in [-0.2, 0) is 22.6 Å². The number of morpholine rings is 1. The molecule has 2 heterocycles. The van der Waals surface area contributed by atoms with Gasteiger partial charge >= 0.3 is 0 Å². The highest BCUT2D eigenvalue weighted by atomic mass is 127. The molecule has 2 aliphatic rings. The molecule has 0 bridgehead atoms. The van der Waals surface area contributed by atoms with Gasteiger partial charge in [0.25, 0.3) is 0 Å². The van der Waals surface area contributed by atoms with E-state index in [0.717, 1.165) is 51.8 Å². The Morgan fingerprint density at radius 3 is 2.45 bits per heavy atom. The Hall–Kier alpha value is -1.39. The van der Waals surface area contributed by atoms with Gasteiger partial charge in [-0.3, -0.25) is 14.7 Å². The molecule has 0 radical (unpaired) electrons. The number of carbonyl (C=O) groups is 1. The van der Waals surface area contributed by atoms with Crippen LogP contribution in [0.3, 0.4) is 0 Å². The second-order valence-electron chi connectivity index (χ2n) is 8.45. The van der Waals surface area contributed by atoms with Crippen LogP contribution in [0.1, 0.15) is 37.8 Å². The van der Waals surface area contributed by atoms with Crippen LogP contribution in [0.5, 0.6) is 0 Å². The van der Waals surface area contributed by atoms with Crippen molar-refractivity contribution in [3.8, 4) is 0 Å². The van der Waals surface area contributed by atoms with Crippen LogP contribution in [0, 0.1) is 5.92 Å². The topological polar surface area (TPSA) is 69.2 Å². The maximum Gasteiger partial charge on any atom is 0.222 e. The molecule has 1 aromatic rings. The van der Waals surface area contributed by atoms with Gasteiger partial charge < -0.3 is 20.3 Å². The predicted molar refractivity (Wildman–Crippen MR) is 136 cm³/mol. The maximum atomic E-state index is 12.0. The smallest absolute Gasteiger partial charge is 0.222 e. The van der Waals surface area contributed by atoms with E-state index in [-0.39, 0.29) is 29.9 Å². The van der Waals surface area contributed by atoms with Crippen LogP contribution in [0.2, 0.25) is 0 Å². The highest BCUT2D eigenvalue weighted by Gasteiger charge is 2.24. The first-order chi connectivity index (χ1) is 14.6. The minimum atomic E-state index is 0. The van der Waals surface area contributed by atoms with Gasteiger partial charge in [0.1, 0.15) is 0 Å². The Labute approximate surface area is 204 Å². The molecule has 0 saturated carbocycles. The van der Waals surface area contributed by atoms with Gasteiger partial charge in [0, 0.05) is 58.8 Å². The summed E-state index contributed by atoms with van der Waals surface area (Å²) in [6, 6.07) is 8.78. The molecule has 1 amide bonds. The Bertz CT molecular complexity index is 722. The van der Waals surface area contributed by atoms with Crippen LogP contribution < -0.4 is 10.6 Å². The molecule has 7 nitrogen and oxygen atoms in total. The van der Waals surface area contributed by atoms with E-state index in [2.05, 4.69) is 52.6 Å². The summed E-state index contributed by atoms with van der Waals surface area (Å²) in [7, 11) is 1.81. The zero-order chi connectivity index (χ0) is 21.3. The number of guanidine groups is 1. The lowest BCUT2D eigenvalue weighted by Gasteiger charge is -2.37. The Balaban J connectivity index is 0.00000341. The molecule has 0 aromatic heterocycles. The third-order valence-corrected chi connectivity index (χ3v) is 6.08. The normalized spacial score (nSPS) is 18.8. The van der Waals surface area contributed by atoms with Crippen molar-refractivity contribution in [1.29, 1.82) is 0 Å². The van der Waals surface area contributed by atoms with E-state index < -0.39 is 0 Å². The third-order valence-electron chi connectivity index (χ3n) is 6.08. The van der Waals surface area contributed by atoms with E-state index in [1.54, 1.807) is 0 Å². The Morgan fingerprint density at radius 1 is 1.13 bits per heavy atom. The molecular formula is C23H38IN5O2. The minimum Gasteiger partial charge on any atom is -0.379 e. The molecular weight excluding hydrogens is 505 g/mol. The quantitative estimate of drug-likeness (QED) is 0.300. The Kier molecular flexibility index (Phi) is 11.0. The fourth-order valence-corrected chi connectivity index (χ4v) is 4.26. The molecule has 2 N–H and O–H groups in total. The van der Waals surface area contributed by atoms with E-state index in [1.165, 1.54) is 11.1 Å². The van der Waals surface area contributed by atoms with Crippen molar-refractivity contribution >= 4 is 35.8 Å². The van der Waals surface area contributed by atoms with Crippen molar-refractivity contribution < 1.29 is 9.53 Å². The molecule has 1 unspecified atom stereocenters. The van der Waals surface area contributed by atoms with Crippen LogP contribution in [0.4, 0.5) is 0 Å². The summed E-state index contributed by atoms with van der Waals surface area (Å²) in [5.41, 5.74) is 2.40. The number of halogens is 1. The minimum absolute atomic E-state index is 0. The molecule has 8 heteroatoms. The number of nitrogens with zero attached hydrogens (tertiary/aromatic N) is 3. The van der Waals surface area contributed by atoms with Gasteiger partial charge in [0.2, 0.25) is 5.91 Å². The fraction of sp³-hybridized carbons (Fsp3) is 0.652. The van der Waals surface area contributed by atoms with Gasteiger partial charge in [-0.1, -0.05) is 38.1 Å². The Morgan fingerprint density at radius 2 is 1.84 bits per heavy atom. The lowest BCUT2D eigenvalue weighted by molar-refractivity contribution is -0.128. The number of amides is 1. The van der Waals surface area contributed by atoms with Crippen molar-refractivity contribution in [2.24, 2.45) is 10.9 Å². The van der Waals surface area contributed by atoms with Gasteiger partial charge in [-0.15, -0.1) is 24.0 Å². The second-order valence-corrected chi connectivity index (χ2v) is 8.45. The van der Waals surface area contributed by atoms with Gasteiger partial charge in [-0.2, -0.15) is 0 Å². The van der Waals surface area contributed by atoms with Crippen molar-refractivity contribution in [1.82, 2.24) is 20.4 Å². The van der Waals surface area contributed by atoms with Crippen LogP contribution in [0.25, 0.3) is 0 Å². The molecule has 0 aliphatic carbocycles. The average molecular weight is 543 g/mol. The standard InChI is InChI=1S/C23H37N5O2.HI/c1-18(2)21(27-11-13-30-14-12-27)16-26-23(24-3)25-15-19-7-4-5-8-20(19)17-28-10-6-9-22(28)29;/h4-5,7-8,18,21H,6,9-17H2,1-3H3,(H2,24,25,26);1H. The molecule has 2 saturated heterocycles. The van der Waals surface area contributed by atoms with E-state index >= 15 is 0 Å². The summed E-state index contributed by atoms with van der Waals surface area (Å²) in [6.45, 7) is 11.2. The second kappa shape index (κ2) is 13.2. The fourth-order valence-electron chi connectivity index (χ4n) is 4.26. The van der Waals surface area contributed by atoms with Crippen LogP contribution in [0.15, 0.2) is 29.3 Å². The van der Waals surface area contributed by atoms with Crippen LogP contribution in [-0.4, -0.2) is 74.1 Å². The number of ether oxygens (including phenoxy) is 1. The lowest BCUT2D eigenvalue weighted by atomic mass is 10.0. The van der Waals surface area contributed by atoms with Crippen molar-refractivity contribution in [2.75, 3.05) is 46.4 Å². The SMILES string of the molecule is CN=C(NCc1ccccc1CN1CCCC1=O)NCC(C(C)C)N1CCOCC1.I. The molecule has 2 aliphatic heterocycles. The number of nitrogens with one attached hydrogen (secondary N) is 2. The summed E-state index contributed by atoms with van der Waals surface area (Å²) in [5, 5.41) is 6.96. The van der Waals surface area contributed by atoms with E-state index in [1.807, 2.05) is 18.0 Å². The van der Waals surface area contributed by atoms with Gasteiger partial charge in [-0.25, -0.2) is 0 Å². The first-order valence-electron chi connectivity index (χ1n) is 11.2. The summed E-state index contributed by atoms with van der Waals surface area (Å²) < 4.78 is 5.51. The molecule has 0 spiro atoms. The van der Waals surface area contributed by atoms with Gasteiger partial charge in [-0.05, 0) is 23.5 Å². The third kappa shape index (κ3) is 7.61. The molecule has 31 heavy (non-hydrogen) atoms.